The molecule has 1 N–H and O–H groups in total. The normalized spacial score (nSPS) is 10.2. The number of rotatable bonds is 3. The molecular weight excluding hydrogens is 193 g/mol. The van der Waals surface area contributed by atoms with Crippen molar-refractivity contribution < 1.29 is 9.13 Å². The second-order valence-corrected chi connectivity index (χ2v) is 2.95. The van der Waals surface area contributed by atoms with E-state index in [1.165, 1.54) is 19.2 Å². The van der Waals surface area contributed by atoms with Crippen molar-refractivity contribution >= 4 is 11.6 Å². The van der Waals surface area contributed by atoms with Gasteiger partial charge in [0.25, 0.3) is 0 Å². The molecule has 1 aromatic carbocycles. The molecule has 0 radical (unpaired) electrons. The van der Waals surface area contributed by atoms with Crippen LogP contribution in [0.4, 0.5) is 4.39 Å². The number of methoxy groups -OCH3 is 1. The molecule has 0 fully saturated rings. The Balaban J connectivity index is 3.13. The predicted molar refractivity (Wildman–Crippen MR) is 50.7 cm³/mol. The third kappa shape index (κ3) is 2.11. The summed E-state index contributed by atoms with van der Waals surface area (Å²) in [5, 5.41) is 3.17. The summed E-state index contributed by atoms with van der Waals surface area (Å²) in [5.74, 6) is 0.175. The van der Waals surface area contributed by atoms with Gasteiger partial charge < -0.3 is 10.1 Å². The van der Waals surface area contributed by atoms with Gasteiger partial charge in [0.15, 0.2) is 0 Å². The molecule has 72 valence electrons. The molecule has 2 nitrogen and oxygen atoms in total. The SMILES string of the molecule is CNCc1c(F)ccc(OC)c1Cl. The molecule has 0 aromatic heterocycles. The highest BCUT2D eigenvalue weighted by atomic mass is 35.5. The molecule has 0 saturated heterocycles. The van der Waals surface area contributed by atoms with E-state index in [1.54, 1.807) is 7.05 Å². The van der Waals surface area contributed by atoms with Gasteiger partial charge in [-0.05, 0) is 19.2 Å². The third-order valence-electron chi connectivity index (χ3n) is 1.72. The number of ether oxygens (including phenoxy) is 1. The lowest BCUT2D eigenvalue weighted by molar-refractivity contribution is 0.413. The van der Waals surface area contributed by atoms with Crippen molar-refractivity contribution in [2.75, 3.05) is 14.2 Å². The molecule has 1 rings (SSSR count). The van der Waals surface area contributed by atoms with Crippen molar-refractivity contribution in [3.05, 3.63) is 28.5 Å². The van der Waals surface area contributed by atoms with Crippen molar-refractivity contribution in [2.24, 2.45) is 0 Å². The summed E-state index contributed by atoms with van der Waals surface area (Å²) >= 11 is 5.89. The zero-order valence-corrected chi connectivity index (χ0v) is 8.28. The summed E-state index contributed by atoms with van der Waals surface area (Å²) in [5.41, 5.74) is 0.434. The summed E-state index contributed by atoms with van der Waals surface area (Å²) in [6, 6.07) is 2.86. The predicted octanol–water partition coefficient (Wildman–Crippen LogP) is 2.21. The number of benzene rings is 1. The third-order valence-corrected chi connectivity index (χ3v) is 2.14. The van der Waals surface area contributed by atoms with Crippen molar-refractivity contribution in [1.82, 2.24) is 5.32 Å². The molecule has 0 bridgehead atoms. The monoisotopic (exact) mass is 203 g/mol. The zero-order valence-electron chi connectivity index (χ0n) is 7.53. The molecule has 0 saturated carbocycles. The van der Waals surface area contributed by atoms with E-state index in [2.05, 4.69) is 5.32 Å². The van der Waals surface area contributed by atoms with Crippen molar-refractivity contribution in [3.8, 4) is 5.75 Å². The Morgan fingerprint density at radius 1 is 1.54 bits per heavy atom. The van der Waals surface area contributed by atoms with Gasteiger partial charge in [0.1, 0.15) is 11.6 Å². The molecule has 0 aliphatic rings. The highest BCUT2D eigenvalue weighted by Gasteiger charge is 2.10. The number of hydrogen-bond donors (Lipinski definition) is 1. The van der Waals surface area contributed by atoms with Crippen LogP contribution in [-0.4, -0.2) is 14.2 Å². The van der Waals surface area contributed by atoms with Crippen LogP contribution in [0.3, 0.4) is 0 Å². The van der Waals surface area contributed by atoms with Crippen LogP contribution < -0.4 is 10.1 Å². The quantitative estimate of drug-likeness (QED) is 0.814. The van der Waals surface area contributed by atoms with Crippen molar-refractivity contribution in [2.45, 2.75) is 6.54 Å². The summed E-state index contributed by atoms with van der Waals surface area (Å²) in [4.78, 5) is 0. The Kier molecular flexibility index (Phi) is 3.51. The first-order chi connectivity index (χ1) is 6.20. The van der Waals surface area contributed by atoms with Crippen LogP contribution in [0.25, 0.3) is 0 Å². The average Bonchev–Trinajstić information content (AvgIpc) is 2.12. The molecule has 0 aliphatic carbocycles. The molecule has 4 heteroatoms. The van der Waals surface area contributed by atoms with Gasteiger partial charge in [0.05, 0.1) is 12.1 Å². The van der Waals surface area contributed by atoms with E-state index in [0.29, 0.717) is 22.9 Å². The van der Waals surface area contributed by atoms with Crippen LogP contribution in [0.2, 0.25) is 5.02 Å². The van der Waals surface area contributed by atoms with Gasteiger partial charge in [-0.15, -0.1) is 0 Å². The van der Waals surface area contributed by atoms with Gasteiger partial charge in [-0.2, -0.15) is 0 Å². The summed E-state index contributed by atoms with van der Waals surface area (Å²) in [6.45, 7) is 0.391. The minimum absolute atomic E-state index is 0.319. The van der Waals surface area contributed by atoms with Crippen LogP contribution in [0.15, 0.2) is 12.1 Å². The van der Waals surface area contributed by atoms with Crippen molar-refractivity contribution in [1.29, 1.82) is 0 Å². The topological polar surface area (TPSA) is 21.3 Å². The number of nitrogens with one attached hydrogen (secondary N) is 1. The molecular formula is C9H11ClFNO. The van der Waals surface area contributed by atoms with Gasteiger partial charge in [-0.25, -0.2) is 4.39 Å². The highest BCUT2D eigenvalue weighted by Crippen LogP contribution is 2.29. The van der Waals surface area contributed by atoms with Crippen LogP contribution in [-0.2, 0) is 6.54 Å². The van der Waals surface area contributed by atoms with E-state index < -0.39 is 0 Å². The molecule has 1 aromatic rings. The Bertz CT molecular complexity index is 304. The van der Waals surface area contributed by atoms with E-state index in [4.69, 9.17) is 16.3 Å². The smallest absolute Gasteiger partial charge is 0.137 e. The lowest BCUT2D eigenvalue weighted by atomic mass is 10.2. The van der Waals surface area contributed by atoms with Crippen LogP contribution >= 0.6 is 11.6 Å². The molecule has 0 aliphatic heterocycles. The minimum Gasteiger partial charge on any atom is -0.495 e. The first-order valence-electron chi connectivity index (χ1n) is 3.86. The largest absolute Gasteiger partial charge is 0.495 e. The first kappa shape index (κ1) is 10.3. The molecule has 0 amide bonds. The lowest BCUT2D eigenvalue weighted by Crippen LogP contribution is -2.08. The fraction of sp³-hybridized carbons (Fsp3) is 0.333. The number of halogens is 2. The standard InChI is InChI=1S/C9H11ClFNO/c1-12-5-6-7(11)3-4-8(13-2)9(6)10/h3-4,12H,5H2,1-2H3. The molecule has 0 spiro atoms. The minimum atomic E-state index is -0.319. The fourth-order valence-electron chi connectivity index (χ4n) is 1.07. The zero-order chi connectivity index (χ0) is 9.84. The summed E-state index contributed by atoms with van der Waals surface area (Å²) < 4.78 is 18.1. The van der Waals surface area contributed by atoms with E-state index in [0.717, 1.165) is 0 Å². The molecule has 0 heterocycles. The molecule has 0 unspecified atom stereocenters. The molecule has 13 heavy (non-hydrogen) atoms. The maximum Gasteiger partial charge on any atom is 0.137 e. The van der Waals surface area contributed by atoms with Gasteiger partial charge in [-0.3, -0.25) is 0 Å². The van der Waals surface area contributed by atoms with Gasteiger partial charge in [0.2, 0.25) is 0 Å². The van der Waals surface area contributed by atoms with Gasteiger partial charge in [-0.1, -0.05) is 11.6 Å². The average molecular weight is 204 g/mol. The Labute approximate surface area is 81.7 Å². The van der Waals surface area contributed by atoms with Crippen LogP contribution in [0.5, 0.6) is 5.75 Å². The Morgan fingerprint density at radius 2 is 2.23 bits per heavy atom. The van der Waals surface area contributed by atoms with E-state index >= 15 is 0 Å². The molecule has 0 atom stereocenters. The lowest BCUT2D eigenvalue weighted by Gasteiger charge is -2.08. The van der Waals surface area contributed by atoms with Gasteiger partial charge in [0, 0.05) is 12.1 Å². The maximum absolute atomic E-state index is 13.2. The Hall–Kier alpha value is -0.800. The number of hydrogen-bond acceptors (Lipinski definition) is 2. The van der Waals surface area contributed by atoms with Crippen LogP contribution in [0, 0.1) is 5.82 Å². The van der Waals surface area contributed by atoms with Crippen molar-refractivity contribution in [3.63, 3.8) is 0 Å². The second-order valence-electron chi connectivity index (χ2n) is 2.57. The first-order valence-corrected chi connectivity index (χ1v) is 4.24. The summed E-state index contributed by atoms with van der Waals surface area (Å²) in [6.07, 6.45) is 0. The fourth-order valence-corrected chi connectivity index (χ4v) is 1.37. The van der Waals surface area contributed by atoms with E-state index in [9.17, 15) is 4.39 Å². The Morgan fingerprint density at radius 3 is 2.77 bits per heavy atom. The van der Waals surface area contributed by atoms with Crippen LogP contribution in [0.1, 0.15) is 5.56 Å². The van der Waals surface area contributed by atoms with Gasteiger partial charge >= 0.3 is 0 Å². The van der Waals surface area contributed by atoms with E-state index in [-0.39, 0.29) is 5.82 Å². The van der Waals surface area contributed by atoms with E-state index in [1.807, 2.05) is 0 Å². The maximum atomic E-state index is 13.2. The highest BCUT2D eigenvalue weighted by molar-refractivity contribution is 6.32. The summed E-state index contributed by atoms with van der Waals surface area (Å²) in [7, 11) is 3.23. The second kappa shape index (κ2) is 4.44.